The van der Waals surface area contributed by atoms with Crippen LogP contribution in [-0.4, -0.2) is 63.9 Å². The van der Waals surface area contributed by atoms with Crippen LogP contribution >= 0.6 is 47.2 Å². The molecule has 41 heavy (non-hydrogen) atoms. The van der Waals surface area contributed by atoms with E-state index in [4.69, 9.17) is 45.3 Å². The number of benzene rings is 3. The molecular weight excluding hydrogens is 599 g/mol. The monoisotopic (exact) mass is 626 g/mol. The zero-order valence-corrected chi connectivity index (χ0v) is 25.3. The van der Waals surface area contributed by atoms with Crippen molar-refractivity contribution in [2.24, 2.45) is 0 Å². The highest BCUT2D eigenvalue weighted by molar-refractivity contribution is 8.26. The molecule has 0 spiro atoms. The van der Waals surface area contributed by atoms with Gasteiger partial charge >= 0.3 is 5.97 Å². The molecule has 1 amide bonds. The second kappa shape index (κ2) is 13.4. The summed E-state index contributed by atoms with van der Waals surface area (Å²) in [6.07, 6.45) is 4.81. The molecule has 3 aromatic carbocycles. The van der Waals surface area contributed by atoms with E-state index in [0.717, 1.165) is 41.9 Å². The van der Waals surface area contributed by atoms with E-state index < -0.39 is 5.97 Å². The molecule has 10 heteroatoms. The summed E-state index contributed by atoms with van der Waals surface area (Å²) in [6.45, 7) is 3.96. The summed E-state index contributed by atoms with van der Waals surface area (Å²) < 4.78 is 6.70. The molecule has 0 saturated carbocycles. The predicted octanol–water partition coefficient (Wildman–Crippen LogP) is 7.28. The van der Waals surface area contributed by atoms with Gasteiger partial charge in [-0.2, -0.15) is 0 Å². The first-order chi connectivity index (χ1) is 19.8. The quantitative estimate of drug-likeness (QED) is 0.187. The average Bonchev–Trinajstić information content (AvgIpc) is 3.57. The summed E-state index contributed by atoms with van der Waals surface area (Å²) in [4.78, 5) is 29.0. The van der Waals surface area contributed by atoms with Crippen molar-refractivity contribution in [3.63, 3.8) is 0 Å². The number of thioether (sulfide) groups is 1. The summed E-state index contributed by atoms with van der Waals surface area (Å²) >= 11 is 19.6. The molecule has 0 aliphatic carbocycles. The number of aromatic carboxylic acids is 1. The first kappa shape index (κ1) is 29.6. The highest BCUT2D eigenvalue weighted by Crippen LogP contribution is 2.37. The van der Waals surface area contributed by atoms with Crippen molar-refractivity contribution in [3.8, 4) is 16.9 Å². The Bertz CT molecular complexity index is 1500. The van der Waals surface area contributed by atoms with Gasteiger partial charge in [-0.15, -0.1) is 0 Å². The Kier molecular flexibility index (Phi) is 9.68. The topological polar surface area (TPSA) is 70.1 Å². The first-order valence-corrected chi connectivity index (χ1v) is 15.3. The Morgan fingerprint density at radius 1 is 1.02 bits per heavy atom. The second-order valence-corrected chi connectivity index (χ2v) is 12.4. The lowest BCUT2D eigenvalue weighted by Gasteiger charge is -2.17. The van der Waals surface area contributed by atoms with Crippen LogP contribution in [0.2, 0.25) is 10.0 Å². The number of carboxylic acids is 1. The summed E-state index contributed by atoms with van der Waals surface area (Å²) in [6, 6.07) is 17.8. The van der Waals surface area contributed by atoms with E-state index in [-0.39, 0.29) is 11.5 Å². The molecule has 6 nitrogen and oxygen atoms in total. The largest absolute Gasteiger partial charge is 0.492 e. The molecule has 0 aromatic heterocycles. The predicted molar refractivity (Wildman–Crippen MR) is 170 cm³/mol. The van der Waals surface area contributed by atoms with Crippen LogP contribution < -0.4 is 4.74 Å². The first-order valence-electron chi connectivity index (χ1n) is 13.3. The number of hydrogen-bond acceptors (Lipinski definition) is 6. The Morgan fingerprint density at radius 3 is 2.51 bits per heavy atom. The standard InChI is InChI=1S/C31H28Cl2N2O4S2/c32-24-8-9-26(33)25(19-24)22-7-10-27(39-16-15-34-12-1-2-13-34)23(17-22)18-28-29(36)35(31(40)41-28)14-11-20-3-5-21(6-4-20)30(37)38/h3-10,17-19H,1-2,11-16H2,(H,37,38)/b28-18-. The lowest BCUT2D eigenvalue weighted by molar-refractivity contribution is -0.122. The molecule has 212 valence electrons. The van der Waals surface area contributed by atoms with Crippen LogP contribution in [0.25, 0.3) is 17.2 Å². The number of ether oxygens (including phenoxy) is 1. The van der Waals surface area contributed by atoms with Gasteiger partial charge in [-0.25, -0.2) is 4.79 Å². The molecule has 3 aromatic rings. The number of carbonyl (C=O) groups excluding carboxylic acids is 1. The van der Waals surface area contributed by atoms with Crippen LogP contribution in [0.5, 0.6) is 5.75 Å². The normalized spacial score (nSPS) is 16.6. The highest BCUT2D eigenvalue weighted by Gasteiger charge is 2.32. The fourth-order valence-electron chi connectivity index (χ4n) is 4.86. The number of hydrogen-bond donors (Lipinski definition) is 1. The maximum absolute atomic E-state index is 13.4. The maximum atomic E-state index is 13.4. The van der Waals surface area contributed by atoms with E-state index >= 15 is 0 Å². The molecule has 2 aliphatic heterocycles. The molecule has 2 aliphatic rings. The molecule has 2 heterocycles. The van der Waals surface area contributed by atoms with E-state index in [9.17, 15) is 9.59 Å². The van der Waals surface area contributed by atoms with Gasteiger partial charge in [-0.05, 0) is 92.0 Å². The third-order valence-corrected chi connectivity index (χ3v) is 9.04. The highest BCUT2D eigenvalue weighted by atomic mass is 35.5. The molecule has 0 unspecified atom stereocenters. The van der Waals surface area contributed by atoms with E-state index in [1.807, 2.05) is 30.3 Å². The van der Waals surface area contributed by atoms with Crippen LogP contribution in [0.3, 0.4) is 0 Å². The summed E-state index contributed by atoms with van der Waals surface area (Å²) in [5.74, 6) is -0.467. The summed E-state index contributed by atoms with van der Waals surface area (Å²) in [5, 5.41) is 10.3. The summed E-state index contributed by atoms with van der Waals surface area (Å²) in [5.41, 5.74) is 3.55. The molecule has 0 radical (unpaired) electrons. The Labute approximate surface area is 258 Å². The van der Waals surface area contributed by atoms with Crippen molar-refractivity contribution in [1.82, 2.24) is 9.80 Å². The van der Waals surface area contributed by atoms with Crippen molar-refractivity contribution in [2.75, 3.05) is 32.8 Å². The van der Waals surface area contributed by atoms with Crippen molar-refractivity contribution in [2.45, 2.75) is 19.3 Å². The Balaban J connectivity index is 1.37. The Hall–Kier alpha value is -2.88. The lowest BCUT2D eigenvalue weighted by Crippen LogP contribution is -2.30. The minimum absolute atomic E-state index is 0.170. The number of amides is 1. The molecule has 5 rings (SSSR count). The van der Waals surface area contributed by atoms with Crippen LogP contribution in [0.4, 0.5) is 0 Å². The number of thiocarbonyl (C=S) groups is 1. The van der Waals surface area contributed by atoms with Gasteiger partial charge in [0.25, 0.3) is 5.91 Å². The number of rotatable bonds is 10. The van der Waals surface area contributed by atoms with Gasteiger partial charge in [-0.1, -0.05) is 65.4 Å². The van der Waals surface area contributed by atoms with Crippen LogP contribution in [-0.2, 0) is 11.2 Å². The zero-order chi connectivity index (χ0) is 28.9. The minimum atomic E-state index is -0.972. The van der Waals surface area contributed by atoms with Gasteiger partial charge in [0.15, 0.2) is 0 Å². The van der Waals surface area contributed by atoms with E-state index in [1.54, 1.807) is 41.3 Å². The maximum Gasteiger partial charge on any atom is 0.335 e. The third-order valence-electron chi connectivity index (χ3n) is 7.10. The number of carboxylic acid groups (broad SMARTS) is 1. The van der Waals surface area contributed by atoms with Crippen LogP contribution in [0, 0.1) is 0 Å². The fraction of sp³-hybridized carbons (Fsp3) is 0.258. The second-order valence-electron chi connectivity index (χ2n) is 9.86. The average molecular weight is 628 g/mol. The molecule has 2 saturated heterocycles. The van der Waals surface area contributed by atoms with Gasteiger partial charge in [0.2, 0.25) is 0 Å². The van der Waals surface area contributed by atoms with Gasteiger partial charge in [0, 0.05) is 34.3 Å². The van der Waals surface area contributed by atoms with E-state index in [1.165, 1.54) is 24.6 Å². The van der Waals surface area contributed by atoms with Crippen LogP contribution in [0.1, 0.15) is 34.3 Å². The van der Waals surface area contributed by atoms with Gasteiger partial charge in [-0.3, -0.25) is 14.6 Å². The molecule has 2 fully saturated rings. The van der Waals surface area contributed by atoms with Gasteiger partial charge in [0.1, 0.15) is 16.7 Å². The van der Waals surface area contributed by atoms with Crippen LogP contribution in [0.15, 0.2) is 65.6 Å². The van der Waals surface area contributed by atoms with E-state index in [0.29, 0.717) is 44.6 Å². The van der Waals surface area contributed by atoms with Crippen molar-refractivity contribution >= 4 is 69.5 Å². The molecule has 0 bridgehead atoms. The SMILES string of the molecule is O=C(O)c1ccc(CCN2C(=O)/C(=C/c3cc(-c4cc(Cl)ccc4Cl)ccc3OCCN3CCCC3)SC2=S)cc1. The minimum Gasteiger partial charge on any atom is -0.492 e. The number of nitrogens with zero attached hydrogens (tertiary/aromatic N) is 2. The number of halogens is 2. The van der Waals surface area contributed by atoms with Crippen molar-refractivity contribution in [3.05, 3.63) is 92.3 Å². The fourth-order valence-corrected chi connectivity index (χ4v) is 6.56. The zero-order valence-electron chi connectivity index (χ0n) is 22.1. The van der Waals surface area contributed by atoms with Crippen molar-refractivity contribution in [1.29, 1.82) is 0 Å². The third kappa shape index (κ3) is 7.31. The smallest absolute Gasteiger partial charge is 0.335 e. The summed E-state index contributed by atoms with van der Waals surface area (Å²) in [7, 11) is 0. The molecular formula is C31H28Cl2N2O4S2. The van der Waals surface area contributed by atoms with Gasteiger partial charge < -0.3 is 9.84 Å². The number of likely N-dealkylation sites (tertiary alicyclic amines) is 1. The Morgan fingerprint density at radius 2 is 1.78 bits per heavy atom. The lowest BCUT2D eigenvalue weighted by atomic mass is 10.0. The molecule has 1 N–H and O–H groups in total. The number of carbonyl (C=O) groups is 2. The van der Waals surface area contributed by atoms with E-state index in [2.05, 4.69) is 4.90 Å². The van der Waals surface area contributed by atoms with Crippen molar-refractivity contribution < 1.29 is 19.4 Å². The van der Waals surface area contributed by atoms with Gasteiger partial charge in [0.05, 0.1) is 10.5 Å². The molecule has 0 atom stereocenters.